The van der Waals surface area contributed by atoms with Crippen molar-refractivity contribution in [3.8, 4) is 22.8 Å². The molecule has 0 bridgehead atoms. The monoisotopic (exact) mass is 271 g/mol. The molecule has 0 aliphatic carbocycles. The molecule has 1 N–H and O–H groups in total. The maximum Gasteiger partial charge on any atom is 0.128 e. The highest BCUT2D eigenvalue weighted by Crippen LogP contribution is 2.35. The molecule has 5 heteroatoms. The molecule has 104 valence electrons. The van der Waals surface area contributed by atoms with E-state index in [9.17, 15) is 0 Å². The second-order valence-corrected chi connectivity index (χ2v) is 4.64. The minimum absolute atomic E-state index is 0.784. The van der Waals surface area contributed by atoms with Crippen LogP contribution in [0.25, 0.3) is 11.3 Å². The number of benzene rings is 1. The number of aromatic nitrogens is 2. The molecule has 1 aromatic heterocycles. The van der Waals surface area contributed by atoms with Gasteiger partial charge in [0.15, 0.2) is 0 Å². The lowest BCUT2D eigenvalue weighted by molar-refractivity contribution is 0.404. The molecule has 20 heavy (non-hydrogen) atoms. The van der Waals surface area contributed by atoms with E-state index in [1.807, 2.05) is 18.2 Å². The zero-order valence-electron chi connectivity index (χ0n) is 11.6. The van der Waals surface area contributed by atoms with Crippen molar-refractivity contribution in [2.45, 2.75) is 13.0 Å². The van der Waals surface area contributed by atoms with Crippen molar-refractivity contribution in [2.24, 2.45) is 0 Å². The van der Waals surface area contributed by atoms with E-state index in [0.29, 0.717) is 0 Å². The predicted molar refractivity (Wildman–Crippen MR) is 76.0 cm³/mol. The van der Waals surface area contributed by atoms with E-state index in [0.717, 1.165) is 53.5 Å². The molecular weight excluding hydrogens is 254 g/mol. The molecule has 3 rings (SSSR count). The molecule has 2 aromatic rings. The molecule has 1 aromatic carbocycles. The van der Waals surface area contributed by atoms with Crippen LogP contribution in [0.2, 0.25) is 0 Å². The molecule has 2 heterocycles. The molecule has 0 atom stereocenters. The molecule has 1 aliphatic rings. The Kier molecular flexibility index (Phi) is 3.52. The SMILES string of the molecule is COc1ccc(OC)c(-c2ncnc3c2CNCC3)c1. The molecule has 0 amide bonds. The Morgan fingerprint density at radius 3 is 2.85 bits per heavy atom. The quantitative estimate of drug-likeness (QED) is 0.922. The molecule has 0 fully saturated rings. The van der Waals surface area contributed by atoms with Crippen LogP contribution in [0.5, 0.6) is 11.5 Å². The number of methoxy groups -OCH3 is 2. The highest BCUT2D eigenvalue weighted by atomic mass is 16.5. The number of hydrogen-bond donors (Lipinski definition) is 1. The largest absolute Gasteiger partial charge is 0.497 e. The van der Waals surface area contributed by atoms with Gasteiger partial charge in [-0.05, 0) is 18.2 Å². The molecule has 0 spiro atoms. The van der Waals surface area contributed by atoms with Gasteiger partial charge in [0.2, 0.25) is 0 Å². The van der Waals surface area contributed by atoms with E-state index in [1.165, 1.54) is 0 Å². The van der Waals surface area contributed by atoms with Crippen LogP contribution in [0.15, 0.2) is 24.5 Å². The molecule has 0 saturated heterocycles. The van der Waals surface area contributed by atoms with E-state index in [2.05, 4.69) is 15.3 Å². The van der Waals surface area contributed by atoms with Gasteiger partial charge in [-0.15, -0.1) is 0 Å². The van der Waals surface area contributed by atoms with E-state index in [4.69, 9.17) is 9.47 Å². The lowest BCUT2D eigenvalue weighted by Gasteiger charge is -2.19. The standard InChI is InChI=1S/C15H17N3O2/c1-19-10-3-4-14(20-2)11(7-10)15-12-8-16-6-5-13(12)17-9-18-15/h3-4,7,9,16H,5-6,8H2,1-2H3. The lowest BCUT2D eigenvalue weighted by Crippen LogP contribution is -2.25. The predicted octanol–water partition coefficient (Wildman–Crippen LogP) is 1.81. The van der Waals surface area contributed by atoms with Gasteiger partial charge in [0, 0.05) is 30.6 Å². The van der Waals surface area contributed by atoms with Gasteiger partial charge in [-0.2, -0.15) is 0 Å². The van der Waals surface area contributed by atoms with Crippen LogP contribution in [0, 0.1) is 0 Å². The van der Waals surface area contributed by atoms with Gasteiger partial charge in [0.25, 0.3) is 0 Å². The zero-order valence-corrected chi connectivity index (χ0v) is 11.6. The molecule has 0 unspecified atom stereocenters. The fourth-order valence-corrected chi connectivity index (χ4v) is 2.50. The van der Waals surface area contributed by atoms with Crippen molar-refractivity contribution in [2.75, 3.05) is 20.8 Å². The molecule has 5 nitrogen and oxygen atoms in total. The van der Waals surface area contributed by atoms with Crippen LogP contribution < -0.4 is 14.8 Å². The fourth-order valence-electron chi connectivity index (χ4n) is 2.50. The van der Waals surface area contributed by atoms with Crippen molar-refractivity contribution in [3.63, 3.8) is 0 Å². The average Bonchev–Trinajstić information content (AvgIpc) is 2.53. The lowest BCUT2D eigenvalue weighted by atomic mass is 9.99. The number of fused-ring (bicyclic) bond motifs is 1. The summed E-state index contributed by atoms with van der Waals surface area (Å²) in [6.07, 6.45) is 2.55. The van der Waals surface area contributed by atoms with Crippen LogP contribution in [0.3, 0.4) is 0 Å². The Bertz CT molecular complexity index is 629. The van der Waals surface area contributed by atoms with Gasteiger partial charge in [0.05, 0.1) is 25.6 Å². The maximum atomic E-state index is 5.45. The number of nitrogens with one attached hydrogen (secondary N) is 1. The summed E-state index contributed by atoms with van der Waals surface area (Å²) in [4.78, 5) is 8.84. The normalized spacial score (nSPS) is 13.7. The van der Waals surface area contributed by atoms with E-state index in [1.54, 1.807) is 20.5 Å². The maximum absolute atomic E-state index is 5.45. The van der Waals surface area contributed by atoms with Crippen molar-refractivity contribution in [1.82, 2.24) is 15.3 Å². The van der Waals surface area contributed by atoms with E-state index < -0.39 is 0 Å². The minimum Gasteiger partial charge on any atom is -0.497 e. The van der Waals surface area contributed by atoms with Crippen LogP contribution in [-0.4, -0.2) is 30.7 Å². The third kappa shape index (κ3) is 2.20. The first-order chi connectivity index (χ1) is 9.83. The Balaban J connectivity index is 2.17. The smallest absolute Gasteiger partial charge is 0.128 e. The van der Waals surface area contributed by atoms with Gasteiger partial charge in [-0.3, -0.25) is 0 Å². The first-order valence-corrected chi connectivity index (χ1v) is 6.59. The van der Waals surface area contributed by atoms with E-state index >= 15 is 0 Å². The summed E-state index contributed by atoms with van der Waals surface area (Å²) >= 11 is 0. The molecular formula is C15H17N3O2. The third-order valence-corrected chi connectivity index (χ3v) is 3.54. The number of rotatable bonds is 3. The Morgan fingerprint density at radius 1 is 1.15 bits per heavy atom. The molecule has 0 saturated carbocycles. The number of ether oxygens (including phenoxy) is 2. The van der Waals surface area contributed by atoms with Crippen molar-refractivity contribution in [1.29, 1.82) is 0 Å². The van der Waals surface area contributed by atoms with Crippen molar-refractivity contribution >= 4 is 0 Å². The van der Waals surface area contributed by atoms with Gasteiger partial charge in [-0.25, -0.2) is 9.97 Å². The van der Waals surface area contributed by atoms with Gasteiger partial charge in [0.1, 0.15) is 17.8 Å². The third-order valence-electron chi connectivity index (χ3n) is 3.54. The highest BCUT2D eigenvalue weighted by molar-refractivity contribution is 5.72. The van der Waals surface area contributed by atoms with Crippen molar-refractivity contribution < 1.29 is 9.47 Å². The average molecular weight is 271 g/mol. The summed E-state index contributed by atoms with van der Waals surface area (Å²) in [5, 5.41) is 3.37. The highest BCUT2D eigenvalue weighted by Gasteiger charge is 2.19. The summed E-state index contributed by atoms with van der Waals surface area (Å²) in [5.74, 6) is 1.58. The second kappa shape index (κ2) is 5.46. The van der Waals surface area contributed by atoms with Gasteiger partial charge < -0.3 is 14.8 Å². The second-order valence-electron chi connectivity index (χ2n) is 4.64. The van der Waals surface area contributed by atoms with E-state index in [-0.39, 0.29) is 0 Å². The topological polar surface area (TPSA) is 56.3 Å². The number of hydrogen-bond acceptors (Lipinski definition) is 5. The Hall–Kier alpha value is -2.14. The van der Waals surface area contributed by atoms with Crippen molar-refractivity contribution in [3.05, 3.63) is 35.8 Å². The van der Waals surface area contributed by atoms with Crippen LogP contribution in [-0.2, 0) is 13.0 Å². The summed E-state index contributed by atoms with van der Waals surface area (Å²) in [6, 6.07) is 5.74. The van der Waals surface area contributed by atoms with Gasteiger partial charge in [-0.1, -0.05) is 0 Å². The first-order valence-electron chi connectivity index (χ1n) is 6.59. The Morgan fingerprint density at radius 2 is 2.05 bits per heavy atom. The molecule has 1 aliphatic heterocycles. The fraction of sp³-hybridized carbons (Fsp3) is 0.333. The summed E-state index contributed by atoms with van der Waals surface area (Å²) in [6.45, 7) is 1.74. The van der Waals surface area contributed by atoms with Crippen LogP contribution in [0.1, 0.15) is 11.3 Å². The summed E-state index contributed by atoms with van der Waals surface area (Å²) in [7, 11) is 3.32. The van der Waals surface area contributed by atoms with Crippen LogP contribution in [0.4, 0.5) is 0 Å². The molecule has 0 radical (unpaired) electrons. The Labute approximate surface area is 118 Å². The van der Waals surface area contributed by atoms with Gasteiger partial charge >= 0.3 is 0 Å². The minimum atomic E-state index is 0.784. The summed E-state index contributed by atoms with van der Waals surface area (Å²) in [5.41, 5.74) is 4.11. The summed E-state index contributed by atoms with van der Waals surface area (Å²) < 4.78 is 10.8. The number of nitrogens with zero attached hydrogens (tertiary/aromatic N) is 2. The first kappa shape index (κ1) is 12.9. The zero-order chi connectivity index (χ0) is 13.9. The van der Waals surface area contributed by atoms with Crippen LogP contribution >= 0.6 is 0 Å².